The van der Waals surface area contributed by atoms with Crippen LogP contribution in [0.15, 0.2) is 34.9 Å². The van der Waals surface area contributed by atoms with E-state index < -0.39 is 5.97 Å². The Kier molecular flexibility index (Phi) is 7.12. The molecule has 0 radical (unpaired) electrons. The minimum absolute atomic E-state index is 0.305. The summed E-state index contributed by atoms with van der Waals surface area (Å²) in [5.41, 5.74) is 4.32. The first kappa shape index (κ1) is 18.7. The highest BCUT2D eigenvalue weighted by Gasteiger charge is 2.26. The van der Waals surface area contributed by atoms with Crippen LogP contribution in [0.4, 0.5) is 0 Å². The Morgan fingerprint density at radius 3 is 2.68 bits per heavy atom. The van der Waals surface area contributed by atoms with Crippen LogP contribution in [0.25, 0.3) is 0 Å². The van der Waals surface area contributed by atoms with Crippen molar-refractivity contribution in [3.8, 4) is 0 Å². The Hall–Kier alpha value is -1.31. The van der Waals surface area contributed by atoms with Crippen LogP contribution >= 0.6 is 0 Å². The van der Waals surface area contributed by atoms with Gasteiger partial charge >= 0.3 is 5.97 Å². The maximum Gasteiger partial charge on any atom is 0.328 e. The molecule has 0 spiro atoms. The molecule has 0 amide bonds. The molecule has 124 valence electrons. The summed E-state index contributed by atoms with van der Waals surface area (Å²) in [6.45, 7) is 11.1. The predicted octanol–water partition coefficient (Wildman–Crippen LogP) is 5.91. The lowest BCUT2D eigenvalue weighted by Crippen LogP contribution is -2.19. The van der Waals surface area contributed by atoms with E-state index in [2.05, 4.69) is 39.8 Å². The van der Waals surface area contributed by atoms with Gasteiger partial charge in [-0.2, -0.15) is 0 Å². The molecule has 0 aliphatic heterocycles. The standard InChI is InChI=1S/C20H32O2/c1-15(8-6-9-16(2)14-19(21)22)11-12-18-17(3)10-7-13-20(18,4)5/h11-12,14-15H,6-10,13H2,1-5H3,(H,21,22). The summed E-state index contributed by atoms with van der Waals surface area (Å²) < 4.78 is 0. The van der Waals surface area contributed by atoms with E-state index in [1.165, 1.54) is 30.9 Å². The van der Waals surface area contributed by atoms with E-state index in [1.807, 2.05) is 6.92 Å². The van der Waals surface area contributed by atoms with Crippen molar-refractivity contribution in [2.45, 2.75) is 73.1 Å². The van der Waals surface area contributed by atoms with Gasteiger partial charge in [-0.25, -0.2) is 4.79 Å². The molecule has 1 aliphatic rings. The molecule has 0 fully saturated rings. The summed E-state index contributed by atoms with van der Waals surface area (Å²) in [6, 6.07) is 0. The Morgan fingerprint density at radius 1 is 1.41 bits per heavy atom. The number of hydrogen-bond donors (Lipinski definition) is 1. The highest BCUT2D eigenvalue weighted by Crippen LogP contribution is 2.40. The van der Waals surface area contributed by atoms with Crippen molar-refractivity contribution in [2.75, 3.05) is 0 Å². The average molecular weight is 304 g/mol. The van der Waals surface area contributed by atoms with Crippen molar-refractivity contribution in [3.05, 3.63) is 34.9 Å². The molecule has 0 aromatic rings. The van der Waals surface area contributed by atoms with Crippen LogP contribution in [0, 0.1) is 11.3 Å². The van der Waals surface area contributed by atoms with Gasteiger partial charge < -0.3 is 5.11 Å². The lowest BCUT2D eigenvalue weighted by atomic mass is 9.72. The Labute approximate surface area is 136 Å². The predicted molar refractivity (Wildman–Crippen MR) is 93.9 cm³/mol. The van der Waals surface area contributed by atoms with Gasteiger partial charge in [-0.3, -0.25) is 0 Å². The monoisotopic (exact) mass is 304 g/mol. The van der Waals surface area contributed by atoms with Crippen molar-refractivity contribution in [3.63, 3.8) is 0 Å². The molecule has 0 saturated carbocycles. The van der Waals surface area contributed by atoms with Gasteiger partial charge in [0.25, 0.3) is 0 Å². The Morgan fingerprint density at radius 2 is 2.09 bits per heavy atom. The van der Waals surface area contributed by atoms with E-state index in [4.69, 9.17) is 5.11 Å². The average Bonchev–Trinajstić information content (AvgIpc) is 2.36. The summed E-state index contributed by atoms with van der Waals surface area (Å²) in [6.07, 6.45) is 12.8. The fourth-order valence-corrected chi connectivity index (χ4v) is 3.35. The molecule has 2 nitrogen and oxygen atoms in total. The number of carboxylic acid groups (broad SMARTS) is 1. The summed E-state index contributed by atoms with van der Waals surface area (Å²) >= 11 is 0. The van der Waals surface area contributed by atoms with Crippen LogP contribution in [0.1, 0.15) is 73.1 Å². The van der Waals surface area contributed by atoms with Crippen LogP contribution < -0.4 is 0 Å². The van der Waals surface area contributed by atoms with Crippen LogP contribution in [-0.4, -0.2) is 11.1 Å². The molecular formula is C20H32O2. The topological polar surface area (TPSA) is 37.3 Å². The largest absolute Gasteiger partial charge is 0.478 e. The molecule has 22 heavy (non-hydrogen) atoms. The van der Waals surface area contributed by atoms with Gasteiger partial charge in [0.2, 0.25) is 0 Å². The fraction of sp³-hybridized carbons (Fsp3) is 0.650. The summed E-state index contributed by atoms with van der Waals surface area (Å²) in [7, 11) is 0. The smallest absolute Gasteiger partial charge is 0.328 e. The normalized spacial score (nSPS) is 20.5. The molecule has 0 aromatic carbocycles. The molecule has 0 bridgehead atoms. The molecule has 1 unspecified atom stereocenters. The second-order valence-electron chi connectivity index (χ2n) is 7.49. The van der Waals surface area contributed by atoms with E-state index in [1.54, 1.807) is 5.57 Å². The van der Waals surface area contributed by atoms with Crippen molar-refractivity contribution in [1.29, 1.82) is 0 Å². The molecule has 2 heteroatoms. The second-order valence-corrected chi connectivity index (χ2v) is 7.49. The van der Waals surface area contributed by atoms with E-state index in [0.29, 0.717) is 11.3 Å². The van der Waals surface area contributed by atoms with Crippen molar-refractivity contribution < 1.29 is 9.90 Å². The number of carbonyl (C=O) groups is 1. The third-order valence-electron chi connectivity index (χ3n) is 4.73. The zero-order valence-electron chi connectivity index (χ0n) is 14.9. The van der Waals surface area contributed by atoms with E-state index >= 15 is 0 Å². The van der Waals surface area contributed by atoms with Gasteiger partial charge in [-0.05, 0) is 69.3 Å². The van der Waals surface area contributed by atoms with Crippen molar-refractivity contribution in [2.24, 2.45) is 11.3 Å². The summed E-state index contributed by atoms with van der Waals surface area (Å²) in [5.74, 6) is -0.303. The maximum absolute atomic E-state index is 10.6. The molecule has 0 saturated heterocycles. The van der Waals surface area contributed by atoms with Crippen LogP contribution in [-0.2, 0) is 4.79 Å². The van der Waals surface area contributed by atoms with Crippen LogP contribution in [0.3, 0.4) is 0 Å². The molecule has 0 aromatic heterocycles. The van der Waals surface area contributed by atoms with Gasteiger partial charge in [-0.1, -0.05) is 44.1 Å². The minimum atomic E-state index is -0.840. The summed E-state index contributed by atoms with van der Waals surface area (Å²) in [5, 5.41) is 8.70. The lowest BCUT2D eigenvalue weighted by Gasteiger charge is -2.33. The molecule has 1 atom stereocenters. The minimum Gasteiger partial charge on any atom is -0.478 e. The van der Waals surface area contributed by atoms with Gasteiger partial charge in [0.15, 0.2) is 0 Å². The zero-order valence-corrected chi connectivity index (χ0v) is 14.9. The SMILES string of the molecule is CC(=CC(=O)O)CCCC(C)C=CC1=C(C)CCCC1(C)C. The first-order chi connectivity index (χ1) is 10.2. The van der Waals surface area contributed by atoms with E-state index in [-0.39, 0.29) is 0 Å². The highest BCUT2D eigenvalue weighted by molar-refractivity contribution is 5.80. The Balaban J connectivity index is 2.51. The summed E-state index contributed by atoms with van der Waals surface area (Å²) in [4.78, 5) is 10.6. The molecule has 1 aliphatic carbocycles. The van der Waals surface area contributed by atoms with Crippen molar-refractivity contribution in [1.82, 2.24) is 0 Å². The maximum atomic E-state index is 10.6. The number of carboxylic acids is 1. The van der Waals surface area contributed by atoms with E-state index in [0.717, 1.165) is 24.8 Å². The molecular weight excluding hydrogens is 272 g/mol. The van der Waals surface area contributed by atoms with Gasteiger partial charge in [-0.15, -0.1) is 0 Å². The van der Waals surface area contributed by atoms with Crippen LogP contribution in [0.2, 0.25) is 0 Å². The van der Waals surface area contributed by atoms with Crippen LogP contribution in [0.5, 0.6) is 0 Å². The van der Waals surface area contributed by atoms with Crippen molar-refractivity contribution >= 4 is 5.97 Å². The molecule has 1 N–H and O–H groups in total. The number of aliphatic carboxylic acids is 1. The number of rotatable bonds is 7. The lowest BCUT2D eigenvalue weighted by molar-refractivity contribution is -0.131. The number of hydrogen-bond acceptors (Lipinski definition) is 1. The van der Waals surface area contributed by atoms with E-state index in [9.17, 15) is 4.79 Å². The number of allylic oxidation sites excluding steroid dienone is 5. The third-order valence-corrected chi connectivity index (χ3v) is 4.73. The van der Waals surface area contributed by atoms with Gasteiger partial charge in [0, 0.05) is 6.08 Å². The molecule has 0 heterocycles. The van der Waals surface area contributed by atoms with Gasteiger partial charge in [0.1, 0.15) is 0 Å². The highest BCUT2D eigenvalue weighted by atomic mass is 16.4. The molecule has 1 rings (SSSR count). The first-order valence-electron chi connectivity index (χ1n) is 8.51. The first-order valence-corrected chi connectivity index (χ1v) is 8.51. The quantitative estimate of drug-likeness (QED) is 0.594. The fourth-order valence-electron chi connectivity index (χ4n) is 3.35. The zero-order chi connectivity index (χ0) is 16.8. The third kappa shape index (κ3) is 6.21. The second kappa shape index (κ2) is 8.36. The van der Waals surface area contributed by atoms with Gasteiger partial charge in [0.05, 0.1) is 0 Å². The Bertz CT molecular complexity index is 478.